The van der Waals surface area contributed by atoms with Crippen LogP contribution in [0.5, 0.6) is 5.75 Å². The van der Waals surface area contributed by atoms with E-state index in [9.17, 15) is 9.59 Å². The Labute approximate surface area is 160 Å². The molecule has 0 bridgehead atoms. The van der Waals surface area contributed by atoms with Gasteiger partial charge in [-0.2, -0.15) is 0 Å². The second-order valence-electron chi connectivity index (χ2n) is 5.21. The van der Waals surface area contributed by atoms with Crippen molar-refractivity contribution in [2.45, 2.75) is 0 Å². The van der Waals surface area contributed by atoms with Crippen LogP contribution in [0.4, 0.5) is 27.8 Å². The Hall–Kier alpha value is -3.73. The fourth-order valence-corrected chi connectivity index (χ4v) is 1.94. The van der Waals surface area contributed by atoms with Crippen molar-refractivity contribution in [1.82, 2.24) is 10.3 Å². The molecule has 2 rings (SSSR count). The number of likely N-dealkylation sites (N-methyl/N-ethyl adjacent to an activating group) is 1. The first-order chi connectivity index (χ1) is 13.5. The number of para-hydroxylation sites is 1. The van der Waals surface area contributed by atoms with Crippen molar-refractivity contribution in [3.8, 4) is 5.75 Å². The molecule has 1 amide bonds. The summed E-state index contributed by atoms with van der Waals surface area (Å²) in [7, 11) is 2.86. The van der Waals surface area contributed by atoms with Crippen molar-refractivity contribution in [1.29, 1.82) is 0 Å². The van der Waals surface area contributed by atoms with Crippen molar-refractivity contribution in [2.75, 3.05) is 38.5 Å². The van der Waals surface area contributed by atoms with E-state index in [2.05, 4.69) is 35.3 Å². The number of azo groups is 1. The molecule has 11 heteroatoms. The van der Waals surface area contributed by atoms with Gasteiger partial charge in [0.1, 0.15) is 17.2 Å². The lowest BCUT2D eigenvalue weighted by Gasteiger charge is -2.08. The number of benzene rings is 1. The van der Waals surface area contributed by atoms with Gasteiger partial charge in [-0.15, -0.1) is 10.2 Å². The van der Waals surface area contributed by atoms with Crippen molar-refractivity contribution < 1.29 is 23.8 Å². The van der Waals surface area contributed by atoms with Gasteiger partial charge in [0.25, 0.3) is 0 Å². The van der Waals surface area contributed by atoms with Gasteiger partial charge < -0.3 is 30.6 Å². The van der Waals surface area contributed by atoms with Gasteiger partial charge in [0.15, 0.2) is 11.6 Å². The number of nitrogen functional groups attached to an aromatic ring is 1. The maximum atomic E-state index is 11.6. The number of hydrogen-bond donors (Lipinski definition) is 3. The van der Waals surface area contributed by atoms with Crippen LogP contribution in [0.1, 0.15) is 0 Å². The van der Waals surface area contributed by atoms with Crippen LogP contribution in [-0.2, 0) is 14.3 Å². The molecule has 0 saturated carbocycles. The first-order valence-electron chi connectivity index (χ1n) is 8.08. The van der Waals surface area contributed by atoms with Gasteiger partial charge in [-0.05, 0) is 31.3 Å². The predicted molar refractivity (Wildman–Crippen MR) is 101 cm³/mol. The summed E-state index contributed by atoms with van der Waals surface area (Å²) in [5, 5.41) is 13.5. The Bertz CT molecular complexity index is 858. The summed E-state index contributed by atoms with van der Waals surface area (Å²) in [5.41, 5.74) is 6.57. The first kappa shape index (κ1) is 20.6. The maximum Gasteiger partial charge on any atom is 0.510 e. The zero-order valence-electron chi connectivity index (χ0n) is 15.3. The molecule has 0 spiro atoms. The van der Waals surface area contributed by atoms with Crippen molar-refractivity contribution in [3.05, 3.63) is 36.4 Å². The highest BCUT2D eigenvalue weighted by atomic mass is 16.8. The normalized spacial score (nSPS) is 10.5. The van der Waals surface area contributed by atoms with Crippen molar-refractivity contribution in [3.63, 3.8) is 0 Å². The summed E-state index contributed by atoms with van der Waals surface area (Å²) >= 11 is 0. The Morgan fingerprint density at radius 1 is 1.14 bits per heavy atom. The SMILES string of the molecule is CNCC(=O)Nc1ccc(N=Nc2ccccc2OCOC(=O)OC)c(N)n1. The fourth-order valence-electron chi connectivity index (χ4n) is 1.94. The summed E-state index contributed by atoms with van der Waals surface area (Å²) in [6.45, 7) is -0.191. The lowest BCUT2D eigenvalue weighted by atomic mass is 10.3. The van der Waals surface area contributed by atoms with Crippen LogP contribution in [-0.4, -0.2) is 44.5 Å². The number of anilines is 2. The number of pyridine rings is 1. The molecule has 11 nitrogen and oxygen atoms in total. The molecule has 0 aliphatic heterocycles. The molecule has 0 unspecified atom stereocenters. The molecule has 28 heavy (non-hydrogen) atoms. The largest absolute Gasteiger partial charge is 0.510 e. The van der Waals surface area contributed by atoms with Crippen LogP contribution in [0.3, 0.4) is 0 Å². The van der Waals surface area contributed by atoms with Gasteiger partial charge in [0.2, 0.25) is 12.7 Å². The minimum atomic E-state index is -0.861. The third-order valence-corrected chi connectivity index (χ3v) is 3.20. The second kappa shape index (κ2) is 10.4. The zero-order chi connectivity index (χ0) is 20.4. The predicted octanol–water partition coefficient (Wildman–Crippen LogP) is 2.36. The maximum absolute atomic E-state index is 11.6. The van der Waals surface area contributed by atoms with Gasteiger partial charge in [-0.1, -0.05) is 12.1 Å². The summed E-state index contributed by atoms with van der Waals surface area (Å²) in [6.07, 6.45) is -0.861. The van der Waals surface area contributed by atoms with Crippen LogP contribution in [0.2, 0.25) is 0 Å². The number of methoxy groups -OCH3 is 1. The molecular weight excluding hydrogens is 368 g/mol. The van der Waals surface area contributed by atoms with E-state index in [1.165, 1.54) is 7.11 Å². The number of amides is 1. The summed E-state index contributed by atoms with van der Waals surface area (Å²) < 4.78 is 14.4. The number of rotatable bonds is 8. The van der Waals surface area contributed by atoms with Gasteiger partial charge in [-0.25, -0.2) is 9.78 Å². The van der Waals surface area contributed by atoms with Gasteiger partial charge in [0.05, 0.1) is 13.7 Å². The van der Waals surface area contributed by atoms with Crippen LogP contribution >= 0.6 is 0 Å². The number of ether oxygens (including phenoxy) is 3. The van der Waals surface area contributed by atoms with Crippen LogP contribution in [0.25, 0.3) is 0 Å². The third-order valence-electron chi connectivity index (χ3n) is 3.20. The number of aromatic nitrogens is 1. The monoisotopic (exact) mass is 388 g/mol. The van der Waals surface area contributed by atoms with Gasteiger partial charge in [-0.3, -0.25) is 4.79 Å². The highest BCUT2D eigenvalue weighted by Crippen LogP contribution is 2.30. The zero-order valence-corrected chi connectivity index (χ0v) is 15.3. The van der Waals surface area contributed by atoms with E-state index >= 15 is 0 Å². The number of nitrogens with one attached hydrogen (secondary N) is 2. The fraction of sp³-hybridized carbons (Fsp3) is 0.235. The van der Waals surface area contributed by atoms with Gasteiger partial charge >= 0.3 is 6.16 Å². The van der Waals surface area contributed by atoms with E-state index in [0.29, 0.717) is 22.9 Å². The molecule has 0 fully saturated rings. The highest BCUT2D eigenvalue weighted by Gasteiger charge is 2.07. The molecular formula is C17H20N6O5. The summed E-state index contributed by atoms with van der Waals surface area (Å²) in [5.74, 6) is 0.500. The number of carbonyl (C=O) groups excluding carboxylic acids is 2. The molecule has 0 aliphatic rings. The number of hydrogen-bond acceptors (Lipinski definition) is 10. The molecule has 4 N–H and O–H groups in total. The molecule has 1 aromatic carbocycles. The van der Waals surface area contributed by atoms with E-state index in [0.717, 1.165) is 0 Å². The first-order valence-corrected chi connectivity index (χ1v) is 8.08. The molecule has 0 aliphatic carbocycles. The van der Waals surface area contributed by atoms with Gasteiger partial charge in [0, 0.05) is 0 Å². The Balaban J connectivity index is 2.07. The Morgan fingerprint density at radius 3 is 2.61 bits per heavy atom. The average molecular weight is 388 g/mol. The average Bonchev–Trinajstić information content (AvgIpc) is 2.68. The van der Waals surface area contributed by atoms with Crippen LogP contribution < -0.4 is 21.1 Å². The van der Waals surface area contributed by atoms with Crippen molar-refractivity contribution in [2.24, 2.45) is 10.2 Å². The number of nitrogens with two attached hydrogens (primary N) is 1. The quantitative estimate of drug-likeness (QED) is 0.354. The summed E-state index contributed by atoms with van der Waals surface area (Å²) in [4.78, 5) is 26.6. The topological polar surface area (TPSA) is 150 Å². The molecule has 148 valence electrons. The molecule has 0 atom stereocenters. The highest BCUT2D eigenvalue weighted by molar-refractivity contribution is 5.91. The van der Waals surface area contributed by atoms with Crippen LogP contribution in [0, 0.1) is 0 Å². The lowest BCUT2D eigenvalue weighted by molar-refractivity contribution is -0.115. The summed E-state index contributed by atoms with van der Waals surface area (Å²) in [6, 6.07) is 9.90. The van der Waals surface area contributed by atoms with E-state index in [-0.39, 0.29) is 25.1 Å². The van der Waals surface area contributed by atoms with Crippen LogP contribution in [0.15, 0.2) is 46.6 Å². The molecule has 2 aromatic rings. The second-order valence-corrected chi connectivity index (χ2v) is 5.21. The van der Waals surface area contributed by atoms with E-state index in [1.807, 2.05) is 0 Å². The third kappa shape index (κ3) is 6.21. The lowest BCUT2D eigenvalue weighted by Crippen LogP contribution is -2.25. The molecule has 1 aromatic heterocycles. The van der Waals surface area contributed by atoms with E-state index in [4.69, 9.17) is 10.5 Å². The molecule has 0 radical (unpaired) electrons. The smallest absolute Gasteiger partial charge is 0.455 e. The minimum Gasteiger partial charge on any atom is -0.455 e. The molecule has 0 saturated heterocycles. The van der Waals surface area contributed by atoms with Crippen molar-refractivity contribution >= 4 is 35.1 Å². The minimum absolute atomic E-state index is 0.0958. The number of nitrogens with zero attached hydrogens (tertiary/aromatic N) is 3. The molecule has 1 heterocycles. The number of carbonyl (C=O) groups is 2. The standard InChI is InChI=1S/C17H20N6O5/c1-19-9-15(24)20-14-8-7-12(16(18)21-14)23-22-11-5-3-4-6-13(11)27-10-28-17(25)26-2/h3-8,19H,9-10H2,1-2H3,(H3,18,20,21,24). The van der Waals surface area contributed by atoms with E-state index in [1.54, 1.807) is 43.4 Å². The van der Waals surface area contributed by atoms with E-state index < -0.39 is 6.16 Å². The Kier molecular flexibility index (Phi) is 7.66. The Morgan fingerprint density at radius 2 is 1.89 bits per heavy atom.